The van der Waals surface area contributed by atoms with Crippen LogP contribution in [-0.4, -0.2) is 24.1 Å². The number of aromatic nitrogens is 1. The van der Waals surface area contributed by atoms with Gasteiger partial charge in [0.25, 0.3) is 0 Å². The molecule has 3 rings (SSSR count). The van der Waals surface area contributed by atoms with Crippen LogP contribution in [0.15, 0.2) is 12.1 Å². The Labute approximate surface area is 129 Å². The van der Waals surface area contributed by atoms with Crippen LogP contribution < -0.4 is 10.2 Å². The molecule has 1 saturated carbocycles. The first-order valence-corrected chi connectivity index (χ1v) is 8.73. The molecule has 116 valence electrons. The van der Waals surface area contributed by atoms with Crippen molar-refractivity contribution in [2.75, 3.05) is 18.0 Å². The zero-order valence-corrected chi connectivity index (χ0v) is 13.6. The Morgan fingerprint density at radius 1 is 1.24 bits per heavy atom. The maximum Gasteiger partial charge on any atom is 0.129 e. The van der Waals surface area contributed by atoms with Gasteiger partial charge in [-0.1, -0.05) is 25.8 Å². The third-order valence-corrected chi connectivity index (χ3v) is 5.23. The van der Waals surface area contributed by atoms with Crippen LogP contribution in [0.1, 0.15) is 56.7 Å². The lowest BCUT2D eigenvalue weighted by molar-refractivity contribution is 0.341. The summed E-state index contributed by atoms with van der Waals surface area (Å²) >= 11 is 0. The van der Waals surface area contributed by atoms with E-state index in [1.165, 1.54) is 62.1 Å². The predicted molar refractivity (Wildman–Crippen MR) is 88.7 cm³/mol. The Kier molecular flexibility index (Phi) is 4.79. The monoisotopic (exact) mass is 287 g/mol. The molecule has 0 bridgehead atoms. The molecule has 3 heteroatoms. The van der Waals surface area contributed by atoms with E-state index in [9.17, 15) is 0 Å². The van der Waals surface area contributed by atoms with Gasteiger partial charge in [-0.2, -0.15) is 0 Å². The minimum atomic E-state index is 0.759. The number of rotatable bonds is 5. The second kappa shape index (κ2) is 6.78. The van der Waals surface area contributed by atoms with Crippen molar-refractivity contribution in [1.29, 1.82) is 0 Å². The fourth-order valence-electron chi connectivity index (χ4n) is 4.01. The zero-order valence-electron chi connectivity index (χ0n) is 13.6. The predicted octanol–water partition coefficient (Wildman–Crippen LogP) is 3.66. The largest absolute Gasteiger partial charge is 0.353 e. The lowest BCUT2D eigenvalue weighted by atomic mass is 9.85. The maximum absolute atomic E-state index is 4.91. The Balaban J connectivity index is 1.70. The lowest BCUT2D eigenvalue weighted by Crippen LogP contribution is -2.35. The number of aryl methyl sites for hydroxylation is 1. The zero-order chi connectivity index (χ0) is 14.7. The van der Waals surface area contributed by atoms with Gasteiger partial charge in [0.05, 0.1) is 0 Å². The first kappa shape index (κ1) is 14.8. The second-order valence-electron chi connectivity index (χ2n) is 6.68. The minimum Gasteiger partial charge on any atom is -0.353 e. The Morgan fingerprint density at radius 3 is 2.90 bits per heavy atom. The average Bonchev–Trinajstić information content (AvgIpc) is 2.93. The van der Waals surface area contributed by atoms with Crippen molar-refractivity contribution in [3.05, 3.63) is 23.4 Å². The van der Waals surface area contributed by atoms with Crippen LogP contribution >= 0.6 is 0 Å². The fourth-order valence-corrected chi connectivity index (χ4v) is 4.01. The van der Waals surface area contributed by atoms with Gasteiger partial charge in [-0.05, 0) is 56.7 Å². The fraction of sp³-hybridized carbons (Fsp3) is 0.722. The van der Waals surface area contributed by atoms with Gasteiger partial charge in [0.1, 0.15) is 5.82 Å². The second-order valence-corrected chi connectivity index (χ2v) is 6.68. The Morgan fingerprint density at radius 2 is 2.10 bits per heavy atom. The molecule has 0 spiro atoms. The van der Waals surface area contributed by atoms with Gasteiger partial charge >= 0.3 is 0 Å². The lowest BCUT2D eigenvalue weighted by Gasteiger charge is -2.32. The van der Waals surface area contributed by atoms with E-state index in [1.807, 2.05) is 0 Å². The van der Waals surface area contributed by atoms with Gasteiger partial charge in [-0.15, -0.1) is 0 Å². The molecule has 2 atom stereocenters. The van der Waals surface area contributed by atoms with Gasteiger partial charge in [0.15, 0.2) is 0 Å². The van der Waals surface area contributed by atoms with Gasteiger partial charge in [0.2, 0.25) is 0 Å². The molecule has 3 nitrogen and oxygen atoms in total. The molecule has 2 unspecified atom stereocenters. The standard InChI is InChI=1S/C18H29N3/c1-3-11-19-13-16-8-9-18(20-14(16)2)21-12-10-15-6-4-5-7-17(15)21/h8-9,15,17,19H,3-7,10-13H2,1-2H3. The van der Waals surface area contributed by atoms with Crippen molar-refractivity contribution in [2.24, 2.45) is 5.92 Å². The third kappa shape index (κ3) is 3.23. The van der Waals surface area contributed by atoms with E-state index in [0.29, 0.717) is 0 Å². The van der Waals surface area contributed by atoms with E-state index in [-0.39, 0.29) is 0 Å². The highest BCUT2D eigenvalue weighted by atomic mass is 15.2. The number of hydrogen-bond donors (Lipinski definition) is 1. The number of fused-ring (bicyclic) bond motifs is 1. The summed E-state index contributed by atoms with van der Waals surface area (Å²) in [6.45, 7) is 7.58. The first-order valence-electron chi connectivity index (χ1n) is 8.73. The molecule has 1 aliphatic heterocycles. The highest BCUT2D eigenvalue weighted by molar-refractivity contribution is 5.44. The van der Waals surface area contributed by atoms with Crippen LogP contribution in [0.5, 0.6) is 0 Å². The van der Waals surface area contributed by atoms with E-state index in [4.69, 9.17) is 4.98 Å². The molecule has 2 heterocycles. The Bertz CT molecular complexity index is 472. The summed E-state index contributed by atoms with van der Waals surface area (Å²) in [5, 5.41) is 3.47. The quantitative estimate of drug-likeness (QED) is 0.838. The van der Waals surface area contributed by atoms with Crippen molar-refractivity contribution >= 4 is 5.82 Å². The summed E-state index contributed by atoms with van der Waals surface area (Å²) in [5.74, 6) is 2.13. The van der Waals surface area contributed by atoms with Crippen LogP contribution in [0.2, 0.25) is 0 Å². The van der Waals surface area contributed by atoms with Crippen LogP contribution in [0, 0.1) is 12.8 Å². The van der Waals surface area contributed by atoms with E-state index in [1.54, 1.807) is 0 Å². The van der Waals surface area contributed by atoms with E-state index in [2.05, 4.69) is 36.2 Å². The molecule has 0 amide bonds. The molecule has 1 aromatic heterocycles. The van der Waals surface area contributed by atoms with Gasteiger partial charge in [0, 0.05) is 24.8 Å². The number of anilines is 1. The summed E-state index contributed by atoms with van der Waals surface area (Å²) in [6, 6.07) is 5.28. The van der Waals surface area contributed by atoms with Crippen molar-refractivity contribution in [1.82, 2.24) is 10.3 Å². The molecule has 1 aromatic rings. The summed E-state index contributed by atoms with van der Waals surface area (Å²) in [6.07, 6.45) is 8.18. The number of pyridine rings is 1. The molecule has 0 aromatic carbocycles. The normalized spacial score (nSPS) is 25.1. The topological polar surface area (TPSA) is 28.2 Å². The molecular weight excluding hydrogens is 258 g/mol. The molecule has 1 N–H and O–H groups in total. The highest BCUT2D eigenvalue weighted by Gasteiger charge is 2.36. The van der Waals surface area contributed by atoms with Crippen molar-refractivity contribution in [3.63, 3.8) is 0 Å². The molecule has 0 radical (unpaired) electrons. The van der Waals surface area contributed by atoms with Gasteiger partial charge in [-0.3, -0.25) is 0 Å². The van der Waals surface area contributed by atoms with E-state index >= 15 is 0 Å². The third-order valence-electron chi connectivity index (χ3n) is 5.23. The summed E-state index contributed by atoms with van der Waals surface area (Å²) in [7, 11) is 0. The van der Waals surface area contributed by atoms with E-state index in [0.717, 1.165) is 25.0 Å². The van der Waals surface area contributed by atoms with Crippen LogP contribution in [0.4, 0.5) is 5.82 Å². The smallest absolute Gasteiger partial charge is 0.129 e. The van der Waals surface area contributed by atoms with Crippen molar-refractivity contribution < 1.29 is 0 Å². The van der Waals surface area contributed by atoms with Gasteiger partial charge in [-0.25, -0.2) is 4.98 Å². The number of hydrogen-bond acceptors (Lipinski definition) is 3. The van der Waals surface area contributed by atoms with Crippen LogP contribution in [0.3, 0.4) is 0 Å². The highest BCUT2D eigenvalue weighted by Crippen LogP contribution is 2.38. The minimum absolute atomic E-state index is 0.759. The maximum atomic E-state index is 4.91. The number of nitrogens with one attached hydrogen (secondary N) is 1. The molecule has 1 aliphatic carbocycles. The SMILES string of the molecule is CCCNCc1ccc(N2CCC3CCCCC32)nc1C. The molecule has 21 heavy (non-hydrogen) atoms. The first-order chi connectivity index (χ1) is 10.3. The summed E-state index contributed by atoms with van der Waals surface area (Å²) in [5.41, 5.74) is 2.53. The Hall–Kier alpha value is -1.09. The van der Waals surface area contributed by atoms with Crippen LogP contribution in [0.25, 0.3) is 0 Å². The summed E-state index contributed by atoms with van der Waals surface area (Å²) < 4.78 is 0. The van der Waals surface area contributed by atoms with E-state index < -0.39 is 0 Å². The summed E-state index contributed by atoms with van der Waals surface area (Å²) in [4.78, 5) is 7.49. The van der Waals surface area contributed by atoms with Crippen molar-refractivity contribution in [2.45, 2.75) is 65.0 Å². The molecule has 2 aliphatic rings. The van der Waals surface area contributed by atoms with Gasteiger partial charge < -0.3 is 10.2 Å². The molecule has 2 fully saturated rings. The van der Waals surface area contributed by atoms with Crippen LogP contribution in [-0.2, 0) is 6.54 Å². The number of nitrogens with zero attached hydrogens (tertiary/aromatic N) is 2. The molecule has 1 saturated heterocycles. The average molecular weight is 287 g/mol. The van der Waals surface area contributed by atoms with Crippen molar-refractivity contribution in [3.8, 4) is 0 Å². The molecular formula is C18H29N3.